The summed E-state index contributed by atoms with van der Waals surface area (Å²) in [4.78, 5) is 30.0. The average Bonchev–Trinajstić information content (AvgIpc) is 2.55. The predicted molar refractivity (Wildman–Crippen MR) is 91.0 cm³/mol. The van der Waals surface area contributed by atoms with E-state index in [-0.39, 0.29) is 17.9 Å². The van der Waals surface area contributed by atoms with Crippen LogP contribution in [0.4, 0.5) is 4.79 Å². The summed E-state index contributed by atoms with van der Waals surface area (Å²) in [6, 6.07) is 8.11. The standard InChI is InChI=1S/C18H27N3O2/c1-14-8-5-6-9-15(14)12-20(4)17(22)16-10-7-11-21(13-16)18(23)19(2)3/h5-6,8-9,16H,7,10-13H2,1-4H3. The van der Waals surface area contributed by atoms with Crippen molar-refractivity contribution < 1.29 is 9.59 Å². The van der Waals surface area contributed by atoms with Crippen LogP contribution in [0.1, 0.15) is 24.0 Å². The van der Waals surface area contributed by atoms with Gasteiger partial charge in [-0.2, -0.15) is 0 Å². The van der Waals surface area contributed by atoms with E-state index < -0.39 is 0 Å². The monoisotopic (exact) mass is 317 g/mol. The summed E-state index contributed by atoms with van der Waals surface area (Å²) >= 11 is 0. The van der Waals surface area contributed by atoms with Crippen LogP contribution in [-0.4, -0.2) is 60.9 Å². The Balaban J connectivity index is 1.99. The summed E-state index contributed by atoms with van der Waals surface area (Å²) in [6.07, 6.45) is 1.74. The largest absolute Gasteiger partial charge is 0.341 e. The van der Waals surface area contributed by atoms with Crippen LogP contribution in [0.25, 0.3) is 0 Å². The Morgan fingerprint density at radius 2 is 1.91 bits per heavy atom. The first-order valence-electron chi connectivity index (χ1n) is 8.16. The molecule has 0 radical (unpaired) electrons. The van der Waals surface area contributed by atoms with Crippen LogP contribution in [-0.2, 0) is 11.3 Å². The molecule has 23 heavy (non-hydrogen) atoms. The molecule has 0 N–H and O–H groups in total. The van der Waals surface area contributed by atoms with Crippen LogP contribution in [0.5, 0.6) is 0 Å². The van der Waals surface area contributed by atoms with Crippen molar-refractivity contribution in [3.63, 3.8) is 0 Å². The fourth-order valence-electron chi connectivity index (χ4n) is 3.07. The van der Waals surface area contributed by atoms with Crippen LogP contribution in [0.15, 0.2) is 24.3 Å². The molecule has 1 aliphatic heterocycles. The van der Waals surface area contributed by atoms with Crippen molar-refractivity contribution in [3.05, 3.63) is 35.4 Å². The number of benzene rings is 1. The van der Waals surface area contributed by atoms with Gasteiger partial charge in [0.25, 0.3) is 0 Å². The number of piperidine rings is 1. The molecule has 0 spiro atoms. The molecule has 1 aliphatic rings. The van der Waals surface area contributed by atoms with Gasteiger partial charge in [-0.1, -0.05) is 24.3 Å². The Kier molecular flexibility index (Phi) is 5.64. The lowest BCUT2D eigenvalue weighted by atomic mass is 9.96. The maximum atomic E-state index is 12.7. The van der Waals surface area contributed by atoms with E-state index in [0.29, 0.717) is 13.1 Å². The molecular weight excluding hydrogens is 290 g/mol. The fourth-order valence-corrected chi connectivity index (χ4v) is 3.07. The summed E-state index contributed by atoms with van der Waals surface area (Å²) in [6.45, 7) is 3.94. The summed E-state index contributed by atoms with van der Waals surface area (Å²) < 4.78 is 0. The maximum Gasteiger partial charge on any atom is 0.319 e. The van der Waals surface area contributed by atoms with Gasteiger partial charge in [-0.3, -0.25) is 4.79 Å². The van der Waals surface area contributed by atoms with Gasteiger partial charge >= 0.3 is 6.03 Å². The first-order chi connectivity index (χ1) is 10.9. The quantitative estimate of drug-likeness (QED) is 0.859. The Morgan fingerprint density at radius 1 is 1.22 bits per heavy atom. The molecule has 1 saturated heterocycles. The third kappa shape index (κ3) is 4.24. The molecule has 0 bridgehead atoms. The third-order valence-corrected chi connectivity index (χ3v) is 4.47. The highest BCUT2D eigenvalue weighted by atomic mass is 16.2. The van der Waals surface area contributed by atoms with Crippen molar-refractivity contribution >= 4 is 11.9 Å². The first-order valence-corrected chi connectivity index (χ1v) is 8.16. The number of urea groups is 1. The van der Waals surface area contributed by atoms with Gasteiger partial charge in [0.15, 0.2) is 0 Å². The predicted octanol–water partition coefficient (Wildman–Crippen LogP) is 2.35. The van der Waals surface area contributed by atoms with Crippen LogP contribution < -0.4 is 0 Å². The molecule has 2 rings (SSSR count). The number of nitrogens with zero attached hydrogens (tertiary/aromatic N) is 3. The zero-order valence-electron chi connectivity index (χ0n) is 14.6. The topological polar surface area (TPSA) is 43.9 Å². The fraction of sp³-hybridized carbons (Fsp3) is 0.556. The summed E-state index contributed by atoms with van der Waals surface area (Å²) in [5.41, 5.74) is 2.36. The minimum absolute atomic E-state index is 0.0101. The highest BCUT2D eigenvalue weighted by Crippen LogP contribution is 2.20. The number of likely N-dealkylation sites (tertiary alicyclic amines) is 1. The molecule has 1 unspecified atom stereocenters. The Hall–Kier alpha value is -2.04. The normalized spacial score (nSPS) is 17.7. The van der Waals surface area contributed by atoms with E-state index in [1.165, 1.54) is 11.1 Å². The Morgan fingerprint density at radius 3 is 2.57 bits per heavy atom. The van der Waals surface area contributed by atoms with Crippen molar-refractivity contribution in [1.29, 1.82) is 0 Å². The number of amides is 3. The molecule has 1 heterocycles. The van der Waals surface area contributed by atoms with Crippen molar-refractivity contribution in [2.45, 2.75) is 26.3 Å². The number of rotatable bonds is 3. The van der Waals surface area contributed by atoms with E-state index in [9.17, 15) is 9.59 Å². The smallest absolute Gasteiger partial charge is 0.319 e. The second kappa shape index (κ2) is 7.49. The molecule has 0 aromatic heterocycles. The highest BCUT2D eigenvalue weighted by Gasteiger charge is 2.30. The highest BCUT2D eigenvalue weighted by molar-refractivity contribution is 5.80. The van der Waals surface area contributed by atoms with E-state index in [0.717, 1.165) is 19.4 Å². The van der Waals surface area contributed by atoms with Gasteiger partial charge in [0, 0.05) is 40.8 Å². The van der Waals surface area contributed by atoms with E-state index in [1.807, 2.05) is 19.2 Å². The lowest BCUT2D eigenvalue weighted by Gasteiger charge is -2.35. The second-order valence-corrected chi connectivity index (χ2v) is 6.58. The maximum absolute atomic E-state index is 12.7. The molecule has 1 aromatic rings. The molecule has 1 aromatic carbocycles. The lowest BCUT2D eigenvalue weighted by molar-refractivity contribution is -0.136. The van der Waals surface area contributed by atoms with E-state index in [1.54, 1.807) is 28.8 Å². The van der Waals surface area contributed by atoms with Crippen LogP contribution in [0.2, 0.25) is 0 Å². The van der Waals surface area contributed by atoms with E-state index in [2.05, 4.69) is 19.1 Å². The molecular formula is C18H27N3O2. The average molecular weight is 317 g/mol. The minimum Gasteiger partial charge on any atom is -0.341 e. The molecule has 5 nitrogen and oxygen atoms in total. The third-order valence-electron chi connectivity index (χ3n) is 4.47. The molecule has 1 atom stereocenters. The number of hydrogen-bond acceptors (Lipinski definition) is 2. The van der Waals surface area contributed by atoms with Crippen molar-refractivity contribution in [2.24, 2.45) is 5.92 Å². The minimum atomic E-state index is -0.0957. The summed E-state index contributed by atoms with van der Waals surface area (Å²) in [5.74, 6) is 0.0335. The first kappa shape index (κ1) is 17.3. The van der Waals surface area contributed by atoms with Gasteiger partial charge in [0.05, 0.1) is 5.92 Å². The number of carbonyl (C=O) groups excluding carboxylic acids is 2. The number of aryl methyl sites for hydroxylation is 1. The zero-order valence-corrected chi connectivity index (χ0v) is 14.6. The van der Waals surface area contributed by atoms with Crippen molar-refractivity contribution in [2.75, 3.05) is 34.2 Å². The summed E-state index contributed by atoms with van der Waals surface area (Å²) in [7, 11) is 5.34. The molecule has 1 fully saturated rings. The SMILES string of the molecule is Cc1ccccc1CN(C)C(=O)C1CCCN(C(=O)N(C)C)C1. The van der Waals surface area contributed by atoms with Crippen LogP contribution in [0.3, 0.4) is 0 Å². The number of carbonyl (C=O) groups is 2. The molecule has 126 valence electrons. The molecule has 0 aliphatic carbocycles. The van der Waals surface area contributed by atoms with Gasteiger partial charge in [0.2, 0.25) is 5.91 Å². The van der Waals surface area contributed by atoms with Crippen LogP contribution >= 0.6 is 0 Å². The van der Waals surface area contributed by atoms with E-state index in [4.69, 9.17) is 0 Å². The summed E-state index contributed by atoms with van der Waals surface area (Å²) in [5, 5.41) is 0. The Labute approximate surface area is 138 Å². The van der Waals surface area contributed by atoms with Gasteiger partial charge in [-0.25, -0.2) is 4.79 Å². The Bertz CT molecular complexity index is 571. The molecule has 3 amide bonds. The molecule has 0 saturated carbocycles. The van der Waals surface area contributed by atoms with Crippen molar-refractivity contribution in [1.82, 2.24) is 14.7 Å². The van der Waals surface area contributed by atoms with Gasteiger partial charge in [-0.15, -0.1) is 0 Å². The molecule has 5 heteroatoms. The van der Waals surface area contributed by atoms with Crippen molar-refractivity contribution in [3.8, 4) is 0 Å². The zero-order chi connectivity index (χ0) is 17.0. The van der Waals surface area contributed by atoms with E-state index >= 15 is 0 Å². The van der Waals surface area contributed by atoms with Gasteiger partial charge < -0.3 is 14.7 Å². The second-order valence-electron chi connectivity index (χ2n) is 6.58. The van der Waals surface area contributed by atoms with Gasteiger partial charge in [0.1, 0.15) is 0 Å². The van der Waals surface area contributed by atoms with Gasteiger partial charge in [-0.05, 0) is 30.9 Å². The lowest BCUT2D eigenvalue weighted by Crippen LogP contribution is -2.48. The number of hydrogen-bond donors (Lipinski definition) is 0. The van der Waals surface area contributed by atoms with Crippen LogP contribution in [0, 0.1) is 12.8 Å².